The molecule has 10 heteroatoms. The highest BCUT2D eigenvalue weighted by Crippen LogP contribution is 2.22. The number of primary amides is 2. The van der Waals surface area contributed by atoms with Crippen LogP contribution in [0.25, 0.3) is 0 Å². The summed E-state index contributed by atoms with van der Waals surface area (Å²) in [6.45, 7) is -0.377. The predicted octanol–water partition coefficient (Wildman–Crippen LogP) is -1.35. The Balaban J connectivity index is 3.04. The fourth-order valence-electron chi connectivity index (χ4n) is 1.81. The summed E-state index contributed by atoms with van der Waals surface area (Å²) in [5.74, 6) is 4.04. The Hall–Kier alpha value is -2.72. The summed E-state index contributed by atoms with van der Waals surface area (Å²) in [7, 11) is 0. The van der Waals surface area contributed by atoms with Gasteiger partial charge >= 0.3 is 0 Å². The average molecular weight is 296 g/mol. The van der Waals surface area contributed by atoms with E-state index in [1.165, 1.54) is 23.1 Å². The van der Waals surface area contributed by atoms with Gasteiger partial charge in [-0.15, -0.1) is 0 Å². The molecule has 1 rings (SSSR count). The molecule has 0 fully saturated rings. The normalized spacial score (nSPS) is 10.4. The molecule has 0 atom stereocenters. The van der Waals surface area contributed by atoms with E-state index in [0.717, 1.165) is 0 Å². The van der Waals surface area contributed by atoms with Crippen LogP contribution < -0.4 is 22.7 Å². The van der Waals surface area contributed by atoms with Crippen molar-refractivity contribution >= 4 is 23.2 Å². The topological polar surface area (TPSA) is 171 Å². The first kappa shape index (κ1) is 16.3. The Bertz CT molecular complexity index is 546. The molecule has 0 aliphatic rings. The first-order valence-electron chi connectivity index (χ1n) is 5.86. The number of nitro benzene ring substituents is 1. The van der Waals surface area contributed by atoms with E-state index in [2.05, 4.69) is 5.43 Å². The second-order valence-electron chi connectivity index (χ2n) is 4.32. The predicted molar refractivity (Wildman–Crippen MR) is 74.6 cm³/mol. The third-order valence-corrected chi connectivity index (χ3v) is 2.61. The van der Waals surface area contributed by atoms with Crippen LogP contribution in [0, 0.1) is 10.1 Å². The molecular weight excluding hydrogens is 280 g/mol. The average Bonchev–Trinajstić information content (AvgIpc) is 2.36. The van der Waals surface area contributed by atoms with Crippen LogP contribution in [-0.2, 0) is 16.1 Å². The van der Waals surface area contributed by atoms with Crippen molar-refractivity contribution in [2.24, 2.45) is 17.3 Å². The van der Waals surface area contributed by atoms with Crippen LogP contribution in [0.3, 0.4) is 0 Å². The summed E-state index contributed by atoms with van der Waals surface area (Å²) >= 11 is 0. The summed E-state index contributed by atoms with van der Waals surface area (Å²) < 4.78 is 0. The zero-order valence-corrected chi connectivity index (χ0v) is 11.1. The Morgan fingerprint density at radius 2 is 1.81 bits per heavy atom. The summed E-state index contributed by atoms with van der Waals surface area (Å²) in [5, 5.41) is 10.8. The van der Waals surface area contributed by atoms with Crippen molar-refractivity contribution in [3.8, 4) is 0 Å². The molecule has 0 spiro atoms. The van der Waals surface area contributed by atoms with Gasteiger partial charge in [0.05, 0.1) is 23.7 Å². The number of amides is 2. The van der Waals surface area contributed by atoms with Crippen molar-refractivity contribution in [3.63, 3.8) is 0 Å². The summed E-state index contributed by atoms with van der Waals surface area (Å²) in [5.41, 5.74) is 13.3. The SMILES string of the molecule is NNc1ccc([N+](=O)[O-])cc1CN(CC(N)=O)CC(N)=O. The lowest BCUT2D eigenvalue weighted by atomic mass is 10.1. The molecule has 2 amide bonds. The van der Waals surface area contributed by atoms with Crippen LogP contribution in [0.4, 0.5) is 11.4 Å². The highest BCUT2D eigenvalue weighted by molar-refractivity contribution is 5.79. The number of nitrogens with zero attached hydrogens (tertiary/aromatic N) is 2. The van der Waals surface area contributed by atoms with Crippen LogP contribution in [0.15, 0.2) is 18.2 Å². The quantitative estimate of drug-likeness (QED) is 0.261. The van der Waals surface area contributed by atoms with Crippen molar-refractivity contribution in [1.82, 2.24) is 4.90 Å². The number of nitrogens with two attached hydrogens (primary N) is 3. The van der Waals surface area contributed by atoms with Crippen molar-refractivity contribution in [1.29, 1.82) is 0 Å². The number of hydrogen-bond acceptors (Lipinski definition) is 7. The highest BCUT2D eigenvalue weighted by atomic mass is 16.6. The second-order valence-corrected chi connectivity index (χ2v) is 4.32. The fourth-order valence-corrected chi connectivity index (χ4v) is 1.81. The molecule has 0 aromatic heterocycles. The van der Waals surface area contributed by atoms with E-state index in [0.29, 0.717) is 11.3 Å². The first-order valence-corrected chi connectivity index (χ1v) is 5.86. The minimum atomic E-state index is -0.649. The van der Waals surface area contributed by atoms with Crippen molar-refractivity contribution in [3.05, 3.63) is 33.9 Å². The summed E-state index contributed by atoms with van der Waals surface area (Å²) in [6, 6.07) is 4.01. The van der Waals surface area contributed by atoms with Gasteiger partial charge in [0.1, 0.15) is 0 Å². The standard InChI is InChI=1S/C11H16N6O4/c12-10(18)5-16(6-11(13)19)4-7-3-8(17(20)21)1-2-9(7)15-14/h1-3,15H,4-6,14H2,(H2,12,18)(H2,13,19). The highest BCUT2D eigenvalue weighted by Gasteiger charge is 2.16. The van der Waals surface area contributed by atoms with Gasteiger partial charge in [0, 0.05) is 18.7 Å². The molecule has 0 bridgehead atoms. The molecule has 0 saturated heterocycles. The number of benzene rings is 1. The van der Waals surface area contributed by atoms with E-state index in [1.54, 1.807) is 0 Å². The maximum absolute atomic E-state index is 11.0. The van der Waals surface area contributed by atoms with Gasteiger partial charge in [-0.25, -0.2) is 0 Å². The number of hydrazine groups is 1. The second kappa shape index (κ2) is 7.17. The van der Waals surface area contributed by atoms with Crippen molar-refractivity contribution < 1.29 is 14.5 Å². The number of anilines is 1. The number of carbonyl (C=O) groups is 2. The van der Waals surface area contributed by atoms with Gasteiger partial charge < -0.3 is 16.9 Å². The number of rotatable bonds is 8. The molecule has 0 unspecified atom stereocenters. The Morgan fingerprint density at radius 1 is 1.24 bits per heavy atom. The van der Waals surface area contributed by atoms with E-state index in [-0.39, 0.29) is 25.3 Å². The molecule has 10 nitrogen and oxygen atoms in total. The zero-order valence-electron chi connectivity index (χ0n) is 11.1. The summed E-state index contributed by atoms with van der Waals surface area (Å²) in [6.07, 6.45) is 0. The molecule has 114 valence electrons. The Morgan fingerprint density at radius 3 is 2.24 bits per heavy atom. The van der Waals surface area contributed by atoms with Crippen LogP contribution in [0.2, 0.25) is 0 Å². The molecule has 0 aliphatic carbocycles. The van der Waals surface area contributed by atoms with Crippen molar-refractivity contribution in [2.45, 2.75) is 6.54 Å². The van der Waals surface area contributed by atoms with Crippen LogP contribution >= 0.6 is 0 Å². The van der Waals surface area contributed by atoms with Crippen molar-refractivity contribution in [2.75, 3.05) is 18.5 Å². The van der Waals surface area contributed by atoms with Gasteiger partial charge in [0.25, 0.3) is 5.69 Å². The minimum absolute atomic E-state index is 0.0487. The molecule has 21 heavy (non-hydrogen) atoms. The maximum Gasteiger partial charge on any atom is 0.269 e. The number of nitrogen functional groups attached to an aromatic ring is 1. The first-order chi connectivity index (χ1) is 9.83. The Kier molecular flexibility index (Phi) is 5.57. The monoisotopic (exact) mass is 296 g/mol. The molecule has 0 aliphatic heterocycles. The zero-order chi connectivity index (χ0) is 16.0. The van der Waals surface area contributed by atoms with Crippen LogP contribution in [0.1, 0.15) is 5.56 Å². The van der Waals surface area contributed by atoms with E-state index >= 15 is 0 Å². The molecule has 1 aromatic carbocycles. The van der Waals surface area contributed by atoms with Gasteiger partial charge in [-0.05, 0) is 11.6 Å². The molecule has 1 aromatic rings. The van der Waals surface area contributed by atoms with Gasteiger partial charge in [0.15, 0.2) is 0 Å². The Labute approximate surface area is 120 Å². The van der Waals surface area contributed by atoms with Gasteiger partial charge in [-0.2, -0.15) is 0 Å². The molecule has 0 saturated carbocycles. The largest absolute Gasteiger partial charge is 0.369 e. The lowest BCUT2D eigenvalue weighted by Crippen LogP contribution is -2.39. The maximum atomic E-state index is 11.0. The lowest BCUT2D eigenvalue weighted by Gasteiger charge is -2.20. The van der Waals surface area contributed by atoms with Crippen LogP contribution in [-0.4, -0.2) is 34.7 Å². The number of nitrogens with one attached hydrogen (secondary N) is 1. The number of carbonyl (C=O) groups excluding carboxylic acids is 2. The van der Waals surface area contributed by atoms with E-state index in [9.17, 15) is 19.7 Å². The number of hydrogen-bond donors (Lipinski definition) is 4. The van der Waals surface area contributed by atoms with Gasteiger partial charge in [-0.1, -0.05) is 0 Å². The lowest BCUT2D eigenvalue weighted by molar-refractivity contribution is -0.384. The number of non-ortho nitro benzene ring substituents is 1. The van der Waals surface area contributed by atoms with Gasteiger partial charge in [-0.3, -0.25) is 30.4 Å². The van der Waals surface area contributed by atoms with Gasteiger partial charge in [0.2, 0.25) is 11.8 Å². The smallest absolute Gasteiger partial charge is 0.269 e. The number of nitro groups is 1. The van der Waals surface area contributed by atoms with E-state index < -0.39 is 16.7 Å². The molecule has 0 heterocycles. The van der Waals surface area contributed by atoms with Crippen LogP contribution in [0.5, 0.6) is 0 Å². The molecular formula is C11H16N6O4. The third-order valence-electron chi connectivity index (χ3n) is 2.61. The fraction of sp³-hybridized carbons (Fsp3) is 0.273. The third kappa shape index (κ3) is 5.04. The molecule has 7 N–H and O–H groups in total. The molecule has 0 radical (unpaired) electrons. The minimum Gasteiger partial charge on any atom is -0.369 e. The van der Waals surface area contributed by atoms with E-state index in [1.807, 2.05) is 0 Å². The summed E-state index contributed by atoms with van der Waals surface area (Å²) in [4.78, 5) is 33.6. The van der Waals surface area contributed by atoms with E-state index in [4.69, 9.17) is 17.3 Å².